The van der Waals surface area contributed by atoms with Gasteiger partial charge < -0.3 is 11.5 Å². The van der Waals surface area contributed by atoms with Crippen LogP contribution in [0.5, 0.6) is 0 Å². The largest absolute Gasteiger partial charge is 0.398 e. The normalized spacial score (nSPS) is 15.6. The van der Waals surface area contributed by atoms with Crippen molar-refractivity contribution in [2.45, 2.75) is 12.8 Å². The Balaban J connectivity index is 2.24. The van der Waals surface area contributed by atoms with E-state index < -0.39 is 5.91 Å². The summed E-state index contributed by atoms with van der Waals surface area (Å²) in [5.74, 6) is -1.04. The van der Waals surface area contributed by atoms with Gasteiger partial charge in [0.1, 0.15) is 0 Å². The van der Waals surface area contributed by atoms with E-state index in [1.807, 2.05) is 5.01 Å². The molecule has 1 heterocycles. The van der Waals surface area contributed by atoms with Crippen LogP contribution in [0.2, 0.25) is 0 Å². The molecule has 0 spiro atoms. The van der Waals surface area contributed by atoms with Crippen molar-refractivity contribution in [3.63, 3.8) is 0 Å². The molecule has 0 radical (unpaired) electrons. The van der Waals surface area contributed by atoms with Crippen LogP contribution in [-0.4, -0.2) is 29.9 Å². The Morgan fingerprint density at radius 3 is 2.50 bits per heavy atom. The highest BCUT2D eigenvalue weighted by molar-refractivity contribution is 6.09. The minimum atomic E-state index is -0.695. The Kier molecular flexibility index (Phi) is 3.47. The van der Waals surface area contributed by atoms with Crippen molar-refractivity contribution in [3.05, 3.63) is 29.3 Å². The Labute approximate surface area is 105 Å². The lowest BCUT2D eigenvalue weighted by Crippen LogP contribution is -2.40. The monoisotopic (exact) mass is 248 g/mol. The summed E-state index contributed by atoms with van der Waals surface area (Å²) < 4.78 is 0. The third-order valence-corrected chi connectivity index (χ3v) is 2.95. The number of carbonyl (C=O) groups is 2. The average Bonchev–Trinajstić information content (AvgIpc) is 2.80. The second-order valence-electron chi connectivity index (χ2n) is 4.27. The van der Waals surface area contributed by atoms with Gasteiger partial charge in [-0.05, 0) is 25.0 Å². The summed E-state index contributed by atoms with van der Waals surface area (Å²) in [6.45, 7) is 1.64. The van der Waals surface area contributed by atoms with E-state index in [1.165, 1.54) is 0 Å². The van der Waals surface area contributed by atoms with Crippen LogP contribution >= 0.6 is 0 Å². The lowest BCUT2D eigenvalue weighted by molar-refractivity contribution is 0.0819. The van der Waals surface area contributed by atoms with Crippen LogP contribution in [0.25, 0.3) is 0 Å². The Morgan fingerprint density at radius 1 is 1.22 bits per heavy atom. The molecule has 0 atom stereocenters. The van der Waals surface area contributed by atoms with Gasteiger partial charge in [-0.1, -0.05) is 6.07 Å². The maximum Gasteiger partial charge on any atom is 0.266 e. The topological polar surface area (TPSA) is 101 Å². The summed E-state index contributed by atoms with van der Waals surface area (Å²) in [4.78, 5) is 23.4. The first-order valence-electron chi connectivity index (χ1n) is 5.84. The molecule has 0 aliphatic carbocycles. The number of nitrogens with zero attached hydrogens (tertiary/aromatic N) is 1. The second-order valence-corrected chi connectivity index (χ2v) is 4.27. The van der Waals surface area contributed by atoms with E-state index in [2.05, 4.69) is 5.43 Å². The van der Waals surface area contributed by atoms with Crippen LogP contribution in [0.4, 0.5) is 5.69 Å². The van der Waals surface area contributed by atoms with Gasteiger partial charge >= 0.3 is 0 Å². The predicted molar refractivity (Wildman–Crippen MR) is 67.6 cm³/mol. The van der Waals surface area contributed by atoms with Crippen molar-refractivity contribution >= 4 is 17.5 Å². The molecule has 1 fully saturated rings. The number of benzene rings is 1. The quantitative estimate of drug-likeness (QED) is 0.661. The molecule has 1 aromatic rings. The fourth-order valence-electron chi connectivity index (χ4n) is 2.07. The van der Waals surface area contributed by atoms with E-state index in [4.69, 9.17) is 11.5 Å². The number of hydrazine groups is 1. The Bertz CT molecular complexity index is 481. The molecule has 1 saturated heterocycles. The molecule has 18 heavy (non-hydrogen) atoms. The molecule has 6 heteroatoms. The molecule has 0 unspecified atom stereocenters. The molecule has 1 aliphatic heterocycles. The van der Waals surface area contributed by atoms with Gasteiger partial charge in [-0.2, -0.15) is 0 Å². The van der Waals surface area contributed by atoms with Crippen molar-refractivity contribution in [3.8, 4) is 0 Å². The zero-order valence-corrected chi connectivity index (χ0v) is 9.98. The zero-order chi connectivity index (χ0) is 13.1. The number of nitrogens with two attached hydrogens (primary N) is 2. The van der Waals surface area contributed by atoms with Crippen molar-refractivity contribution < 1.29 is 9.59 Å². The van der Waals surface area contributed by atoms with Gasteiger partial charge in [-0.25, -0.2) is 5.01 Å². The molecule has 6 nitrogen and oxygen atoms in total. The molecule has 96 valence electrons. The highest BCUT2D eigenvalue weighted by Crippen LogP contribution is 2.17. The molecular weight excluding hydrogens is 232 g/mol. The van der Waals surface area contributed by atoms with Gasteiger partial charge in [0.25, 0.3) is 11.8 Å². The molecule has 2 rings (SSSR count). The smallest absolute Gasteiger partial charge is 0.266 e. The number of primary amides is 1. The molecule has 0 aromatic heterocycles. The highest BCUT2D eigenvalue weighted by atomic mass is 16.2. The number of hydrogen-bond acceptors (Lipinski definition) is 4. The number of carbonyl (C=O) groups excluding carboxylic acids is 2. The van der Waals surface area contributed by atoms with Crippen molar-refractivity contribution in [1.82, 2.24) is 10.4 Å². The summed E-state index contributed by atoms with van der Waals surface area (Å²) >= 11 is 0. The lowest BCUT2D eigenvalue weighted by atomic mass is 10.0. The first-order valence-corrected chi connectivity index (χ1v) is 5.84. The average molecular weight is 248 g/mol. The van der Waals surface area contributed by atoms with Crippen molar-refractivity contribution in [2.24, 2.45) is 5.73 Å². The van der Waals surface area contributed by atoms with E-state index in [9.17, 15) is 9.59 Å². The molecular formula is C12H16N4O2. The number of amides is 2. The summed E-state index contributed by atoms with van der Waals surface area (Å²) in [5.41, 5.74) is 14.2. The lowest BCUT2D eigenvalue weighted by Gasteiger charge is -2.17. The fraction of sp³-hybridized carbons (Fsp3) is 0.333. The van der Waals surface area contributed by atoms with E-state index in [0.717, 1.165) is 25.9 Å². The van der Waals surface area contributed by atoms with Gasteiger partial charge in [0.05, 0.1) is 11.1 Å². The van der Waals surface area contributed by atoms with E-state index in [0.29, 0.717) is 0 Å². The summed E-state index contributed by atoms with van der Waals surface area (Å²) in [6.07, 6.45) is 2.11. The summed E-state index contributed by atoms with van der Waals surface area (Å²) in [7, 11) is 0. The maximum absolute atomic E-state index is 12.1. The number of rotatable bonds is 3. The van der Waals surface area contributed by atoms with Crippen LogP contribution in [-0.2, 0) is 0 Å². The van der Waals surface area contributed by atoms with Crippen LogP contribution in [0.1, 0.15) is 33.6 Å². The van der Waals surface area contributed by atoms with Crippen LogP contribution in [0.15, 0.2) is 18.2 Å². The Morgan fingerprint density at radius 2 is 1.89 bits per heavy atom. The van der Waals surface area contributed by atoms with Crippen molar-refractivity contribution in [1.29, 1.82) is 0 Å². The predicted octanol–water partition coefficient (Wildman–Crippen LogP) is 0.108. The molecule has 1 aliphatic rings. The number of hydrogen-bond donors (Lipinski definition) is 3. The van der Waals surface area contributed by atoms with Gasteiger partial charge in [0.2, 0.25) is 0 Å². The van der Waals surface area contributed by atoms with E-state index in [-0.39, 0.29) is 22.7 Å². The Hall–Kier alpha value is -2.08. The van der Waals surface area contributed by atoms with Gasteiger partial charge in [0, 0.05) is 18.8 Å². The number of nitrogens with one attached hydrogen (secondary N) is 1. The minimum absolute atomic E-state index is 0.0780. The van der Waals surface area contributed by atoms with Gasteiger partial charge in [0.15, 0.2) is 0 Å². The zero-order valence-electron chi connectivity index (χ0n) is 9.98. The first-order chi connectivity index (χ1) is 8.59. The fourth-order valence-corrected chi connectivity index (χ4v) is 2.07. The van der Waals surface area contributed by atoms with Crippen LogP contribution in [0.3, 0.4) is 0 Å². The standard InChI is InChI=1S/C12H16N4O2/c13-9-5-3-4-8(10(9)11(14)17)12(18)15-16-6-1-2-7-16/h3-5H,1-2,6-7,13H2,(H2,14,17)(H,15,18). The van der Waals surface area contributed by atoms with Gasteiger partial charge in [-0.15, -0.1) is 0 Å². The first kappa shape index (κ1) is 12.4. The minimum Gasteiger partial charge on any atom is -0.398 e. The summed E-state index contributed by atoms with van der Waals surface area (Å²) in [6, 6.07) is 4.72. The van der Waals surface area contributed by atoms with Gasteiger partial charge in [-0.3, -0.25) is 15.0 Å². The van der Waals surface area contributed by atoms with E-state index >= 15 is 0 Å². The molecule has 0 bridgehead atoms. The molecule has 2 amide bonds. The number of nitrogen functional groups attached to an aromatic ring is 1. The molecule has 5 N–H and O–H groups in total. The van der Waals surface area contributed by atoms with E-state index in [1.54, 1.807) is 18.2 Å². The van der Waals surface area contributed by atoms with Crippen molar-refractivity contribution in [2.75, 3.05) is 18.8 Å². The van der Waals surface area contributed by atoms with Crippen LogP contribution < -0.4 is 16.9 Å². The molecule has 1 aromatic carbocycles. The second kappa shape index (κ2) is 5.05. The highest BCUT2D eigenvalue weighted by Gasteiger charge is 2.20. The third-order valence-electron chi connectivity index (χ3n) is 2.95. The number of anilines is 1. The van der Waals surface area contributed by atoms with Crippen LogP contribution in [0, 0.1) is 0 Å². The summed E-state index contributed by atoms with van der Waals surface area (Å²) in [5, 5.41) is 1.83. The molecule has 0 saturated carbocycles. The SMILES string of the molecule is NC(=O)c1c(N)cccc1C(=O)NN1CCCC1. The maximum atomic E-state index is 12.1. The third kappa shape index (κ3) is 2.43.